The lowest BCUT2D eigenvalue weighted by molar-refractivity contribution is -0.137. The molecule has 2 unspecified atom stereocenters. The lowest BCUT2D eigenvalue weighted by atomic mass is 10.1. The summed E-state index contributed by atoms with van der Waals surface area (Å²) in [7, 11) is 0. The van der Waals surface area contributed by atoms with Crippen molar-refractivity contribution < 1.29 is 19.8 Å². The van der Waals surface area contributed by atoms with Crippen LogP contribution in [0.3, 0.4) is 0 Å². The molecule has 0 bridgehead atoms. The van der Waals surface area contributed by atoms with Crippen molar-refractivity contribution in [3.8, 4) is 0 Å². The minimum atomic E-state index is -0.925. The number of likely N-dealkylation sites (tertiary alicyclic amines) is 1. The zero-order chi connectivity index (χ0) is 13.1. The molecule has 17 heavy (non-hydrogen) atoms. The highest BCUT2D eigenvalue weighted by Crippen LogP contribution is 2.20. The van der Waals surface area contributed by atoms with Crippen LogP contribution in [0.5, 0.6) is 0 Å². The topological polar surface area (TPSA) is 89.9 Å². The van der Waals surface area contributed by atoms with Crippen LogP contribution in [-0.4, -0.2) is 51.8 Å². The molecule has 1 fully saturated rings. The van der Waals surface area contributed by atoms with Crippen molar-refractivity contribution in [2.24, 2.45) is 0 Å². The number of carboxylic acids is 1. The number of β-amino-alcohol motifs (C(OH)–C–C–N with tert-alkyl or cyclic N) is 1. The number of hydrogen-bond acceptors (Lipinski definition) is 3. The molecule has 6 nitrogen and oxygen atoms in total. The van der Waals surface area contributed by atoms with Gasteiger partial charge in [-0.3, -0.25) is 4.79 Å². The molecule has 1 aliphatic heterocycles. The molecule has 0 saturated carbocycles. The highest BCUT2D eigenvalue weighted by molar-refractivity contribution is 5.76. The lowest BCUT2D eigenvalue weighted by Gasteiger charge is -2.22. The molecule has 98 valence electrons. The number of aliphatic carboxylic acids is 1. The summed E-state index contributed by atoms with van der Waals surface area (Å²) >= 11 is 0. The predicted molar refractivity (Wildman–Crippen MR) is 61.7 cm³/mol. The van der Waals surface area contributed by atoms with Crippen LogP contribution in [0.2, 0.25) is 0 Å². The number of aliphatic hydroxyl groups is 1. The number of rotatable bonds is 4. The first-order valence-corrected chi connectivity index (χ1v) is 5.83. The van der Waals surface area contributed by atoms with Crippen molar-refractivity contribution in [1.29, 1.82) is 0 Å². The van der Waals surface area contributed by atoms with E-state index in [1.165, 1.54) is 4.90 Å². The van der Waals surface area contributed by atoms with Crippen LogP contribution in [0.15, 0.2) is 0 Å². The second-order valence-corrected chi connectivity index (χ2v) is 4.82. The molecule has 2 atom stereocenters. The van der Waals surface area contributed by atoms with Gasteiger partial charge in [-0.1, -0.05) is 6.92 Å². The van der Waals surface area contributed by atoms with Gasteiger partial charge in [-0.05, 0) is 19.8 Å². The van der Waals surface area contributed by atoms with Crippen molar-refractivity contribution in [2.45, 2.75) is 44.8 Å². The number of carbonyl (C=O) groups is 2. The third-order valence-corrected chi connectivity index (χ3v) is 2.98. The lowest BCUT2D eigenvalue weighted by Crippen LogP contribution is -2.45. The Morgan fingerprint density at radius 1 is 1.53 bits per heavy atom. The van der Waals surface area contributed by atoms with Gasteiger partial charge in [0.1, 0.15) is 0 Å². The van der Waals surface area contributed by atoms with Crippen LogP contribution in [0, 0.1) is 0 Å². The highest BCUT2D eigenvalue weighted by Gasteiger charge is 2.34. The molecule has 1 heterocycles. The van der Waals surface area contributed by atoms with Crippen molar-refractivity contribution in [3.05, 3.63) is 0 Å². The Balaban J connectivity index is 2.45. The van der Waals surface area contributed by atoms with Gasteiger partial charge in [0.15, 0.2) is 0 Å². The van der Waals surface area contributed by atoms with Gasteiger partial charge in [0.05, 0.1) is 18.6 Å². The van der Waals surface area contributed by atoms with Gasteiger partial charge in [0.2, 0.25) is 0 Å². The molecule has 2 amide bonds. The molecule has 0 aliphatic carbocycles. The van der Waals surface area contributed by atoms with E-state index in [0.29, 0.717) is 25.9 Å². The minimum Gasteiger partial charge on any atom is -0.481 e. The Hall–Kier alpha value is -1.30. The molecule has 6 heteroatoms. The average molecular weight is 244 g/mol. The van der Waals surface area contributed by atoms with E-state index < -0.39 is 11.6 Å². The Kier molecular flexibility index (Phi) is 4.34. The number of nitrogens with zero attached hydrogens (tertiary/aromatic N) is 1. The maximum absolute atomic E-state index is 11.8. The molecule has 0 aromatic heterocycles. The quantitative estimate of drug-likeness (QED) is 0.668. The van der Waals surface area contributed by atoms with Crippen LogP contribution in [0.4, 0.5) is 4.79 Å². The summed E-state index contributed by atoms with van der Waals surface area (Å²) in [4.78, 5) is 23.9. The maximum atomic E-state index is 11.8. The normalized spacial score (nSPS) is 25.7. The molecule has 0 aromatic carbocycles. The zero-order valence-electron chi connectivity index (χ0n) is 10.3. The number of urea groups is 1. The smallest absolute Gasteiger partial charge is 0.317 e. The largest absolute Gasteiger partial charge is 0.481 e. The first kappa shape index (κ1) is 13.8. The van der Waals surface area contributed by atoms with Crippen LogP contribution < -0.4 is 5.32 Å². The van der Waals surface area contributed by atoms with Gasteiger partial charge in [0.25, 0.3) is 0 Å². The summed E-state index contributed by atoms with van der Waals surface area (Å²) in [6.45, 7) is 4.31. The Labute approximate surface area is 101 Å². The van der Waals surface area contributed by atoms with Crippen LogP contribution in [-0.2, 0) is 4.79 Å². The fourth-order valence-corrected chi connectivity index (χ4v) is 1.89. The SMILES string of the molecule is CCC(CC(=O)O)NC(=O)N1CCC(C)(O)C1. The van der Waals surface area contributed by atoms with E-state index in [1.807, 2.05) is 6.92 Å². The summed E-state index contributed by atoms with van der Waals surface area (Å²) in [5.41, 5.74) is -0.828. The summed E-state index contributed by atoms with van der Waals surface area (Å²) in [6, 6.07) is -0.651. The molecule has 0 aromatic rings. The average Bonchev–Trinajstić information content (AvgIpc) is 2.57. The number of carbonyl (C=O) groups excluding carboxylic acids is 1. The van der Waals surface area contributed by atoms with Crippen molar-refractivity contribution in [2.75, 3.05) is 13.1 Å². The molecule has 1 rings (SSSR count). The van der Waals surface area contributed by atoms with E-state index in [2.05, 4.69) is 5.32 Å². The fraction of sp³-hybridized carbons (Fsp3) is 0.818. The van der Waals surface area contributed by atoms with Gasteiger partial charge < -0.3 is 20.4 Å². The van der Waals surface area contributed by atoms with Crippen molar-refractivity contribution in [3.63, 3.8) is 0 Å². The standard InChI is InChI=1S/C11H20N2O4/c1-3-8(6-9(14)15)12-10(16)13-5-4-11(2,17)7-13/h8,17H,3-7H2,1-2H3,(H,12,16)(H,14,15). The van der Waals surface area contributed by atoms with E-state index >= 15 is 0 Å². The number of carboxylic acid groups (broad SMARTS) is 1. The third kappa shape index (κ3) is 4.22. The van der Waals surface area contributed by atoms with Gasteiger partial charge in [-0.25, -0.2) is 4.79 Å². The molecule has 1 aliphatic rings. The molecular formula is C11H20N2O4. The highest BCUT2D eigenvalue weighted by atomic mass is 16.4. The van der Waals surface area contributed by atoms with E-state index in [0.717, 1.165) is 0 Å². The summed E-state index contributed by atoms with van der Waals surface area (Å²) in [6.07, 6.45) is 1.05. The van der Waals surface area contributed by atoms with Gasteiger partial charge >= 0.3 is 12.0 Å². The van der Waals surface area contributed by atoms with Gasteiger partial charge in [-0.15, -0.1) is 0 Å². The van der Waals surface area contributed by atoms with Crippen LogP contribution in [0.25, 0.3) is 0 Å². The Morgan fingerprint density at radius 2 is 2.18 bits per heavy atom. The minimum absolute atomic E-state index is 0.0769. The third-order valence-electron chi connectivity index (χ3n) is 2.98. The van der Waals surface area contributed by atoms with Crippen molar-refractivity contribution >= 4 is 12.0 Å². The number of amides is 2. The second kappa shape index (κ2) is 5.35. The van der Waals surface area contributed by atoms with Crippen molar-refractivity contribution in [1.82, 2.24) is 10.2 Å². The maximum Gasteiger partial charge on any atom is 0.317 e. The fourth-order valence-electron chi connectivity index (χ4n) is 1.89. The van der Waals surface area contributed by atoms with Gasteiger partial charge in [0, 0.05) is 12.6 Å². The Bertz CT molecular complexity index is 304. The van der Waals surface area contributed by atoms with E-state index in [1.54, 1.807) is 6.92 Å². The second-order valence-electron chi connectivity index (χ2n) is 4.82. The van der Waals surface area contributed by atoms with Crippen LogP contribution >= 0.6 is 0 Å². The molecular weight excluding hydrogens is 224 g/mol. The molecule has 3 N–H and O–H groups in total. The Morgan fingerprint density at radius 3 is 2.59 bits per heavy atom. The van der Waals surface area contributed by atoms with Crippen LogP contribution in [0.1, 0.15) is 33.1 Å². The van der Waals surface area contributed by atoms with E-state index in [-0.39, 0.29) is 18.5 Å². The summed E-state index contributed by atoms with van der Waals surface area (Å²) < 4.78 is 0. The predicted octanol–water partition coefficient (Wildman–Crippen LogP) is 0.406. The summed E-state index contributed by atoms with van der Waals surface area (Å²) in [5.74, 6) is -0.925. The van der Waals surface area contributed by atoms with Gasteiger partial charge in [-0.2, -0.15) is 0 Å². The molecule has 1 saturated heterocycles. The number of hydrogen-bond donors (Lipinski definition) is 3. The summed E-state index contributed by atoms with van der Waals surface area (Å²) in [5, 5.41) is 21.1. The monoisotopic (exact) mass is 244 g/mol. The first-order chi connectivity index (χ1) is 7.84. The van der Waals surface area contributed by atoms with E-state index in [9.17, 15) is 14.7 Å². The molecule has 0 spiro atoms. The first-order valence-electron chi connectivity index (χ1n) is 5.83. The number of nitrogens with one attached hydrogen (secondary N) is 1. The van der Waals surface area contributed by atoms with E-state index in [4.69, 9.17) is 5.11 Å². The molecule has 0 radical (unpaired) electrons. The zero-order valence-corrected chi connectivity index (χ0v) is 10.3.